The van der Waals surface area contributed by atoms with E-state index in [1.807, 2.05) is 6.92 Å². The van der Waals surface area contributed by atoms with Crippen LogP contribution in [0.4, 0.5) is 5.69 Å². The van der Waals surface area contributed by atoms with Crippen molar-refractivity contribution in [3.8, 4) is 11.5 Å². The third-order valence-corrected chi connectivity index (χ3v) is 4.53. The Bertz CT molecular complexity index is 933. The van der Waals surface area contributed by atoms with Gasteiger partial charge in [-0.3, -0.25) is 15.0 Å². The Morgan fingerprint density at radius 3 is 2.27 bits per heavy atom. The van der Waals surface area contributed by atoms with Crippen LogP contribution < -0.4 is 25.8 Å². The van der Waals surface area contributed by atoms with Crippen LogP contribution in [0.3, 0.4) is 0 Å². The average molecular weight is 414 g/mol. The predicted octanol–water partition coefficient (Wildman–Crippen LogP) is 2.11. The molecular formula is C21H26N4O5. The van der Waals surface area contributed by atoms with E-state index >= 15 is 0 Å². The summed E-state index contributed by atoms with van der Waals surface area (Å²) in [4.78, 5) is 23.5. The quantitative estimate of drug-likeness (QED) is 0.295. The molecule has 0 radical (unpaired) electrons. The first-order valence-electron chi connectivity index (χ1n) is 9.20. The molecule has 0 aliphatic carbocycles. The molecule has 6 N–H and O–H groups in total. The highest BCUT2D eigenvalue weighted by Gasteiger charge is 2.14. The number of ether oxygens (including phenoxy) is 2. The van der Waals surface area contributed by atoms with Crippen LogP contribution in [-0.4, -0.2) is 43.6 Å². The van der Waals surface area contributed by atoms with Crippen LogP contribution in [0.5, 0.6) is 11.5 Å². The third-order valence-electron chi connectivity index (χ3n) is 4.53. The lowest BCUT2D eigenvalue weighted by atomic mass is 10.1. The Balaban J connectivity index is 2.20. The zero-order chi connectivity index (χ0) is 22.3. The van der Waals surface area contributed by atoms with Crippen molar-refractivity contribution >= 4 is 23.4 Å². The minimum Gasteiger partial charge on any atom is -0.496 e. The summed E-state index contributed by atoms with van der Waals surface area (Å²) >= 11 is 0. The minimum atomic E-state index is -0.928. The number of hydrogen-bond donors (Lipinski definition) is 5. The fourth-order valence-corrected chi connectivity index (χ4v) is 2.86. The summed E-state index contributed by atoms with van der Waals surface area (Å²) in [7, 11) is 3.05. The summed E-state index contributed by atoms with van der Waals surface area (Å²) in [5, 5.41) is 22.3. The molecule has 160 valence electrons. The predicted molar refractivity (Wildman–Crippen MR) is 114 cm³/mol. The molecule has 1 amide bonds. The van der Waals surface area contributed by atoms with E-state index in [9.17, 15) is 9.59 Å². The number of carbonyl (C=O) groups is 2. The molecular weight excluding hydrogens is 388 g/mol. The van der Waals surface area contributed by atoms with E-state index in [4.69, 9.17) is 25.7 Å². The number of amides is 1. The summed E-state index contributed by atoms with van der Waals surface area (Å²) < 4.78 is 10.6. The molecule has 0 saturated carbocycles. The van der Waals surface area contributed by atoms with E-state index in [0.717, 1.165) is 11.1 Å². The lowest BCUT2D eigenvalue weighted by Gasteiger charge is -2.15. The molecule has 2 aromatic carbocycles. The van der Waals surface area contributed by atoms with E-state index in [-0.39, 0.29) is 31.3 Å². The van der Waals surface area contributed by atoms with Gasteiger partial charge in [-0.25, -0.2) is 0 Å². The number of nitrogens with two attached hydrogens (primary N) is 1. The first kappa shape index (κ1) is 22.5. The maximum Gasteiger partial charge on any atom is 0.305 e. The molecule has 2 aromatic rings. The van der Waals surface area contributed by atoms with E-state index in [2.05, 4.69) is 10.6 Å². The third kappa shape index (κ3) is 5.63. The average Bonchev–Trinajstić information content (AvgIpc) is 2.72. The van der Waals surface area contributed by atoms with Crippen LogP contribution in [0, 0.1) is 12.3 Å². The van der Waals surface area contributed by atoms with Gasteiger partial charge in [0.05, 0.1) is 20.6 Å². The molecule has 0 bridgehead atoms. The molecule has 0 unspecified atom stereocenters. The number of methoxy groups -OCH3 is 2. The van der Waals surface area contributed by atoms with Gasteiger partial charge in [0.15, 0.2) is 0 Å². The van der Waals surface area contributed by atoms with Crippen molar-refractivity contribution in [2.75, 3.05) is 26.1 Å². The monoisotopic (exact) mass is 414 g/mol. The molecule has 0 saturated heterocycles. The number of benzene rings is 2. The zero-order valence-corrected chi connectivity index (χ0v) is 17.2. The molecule has 0 fully saturated rings. The van der Waals surface area contributed by atoms with Gasteiger partial charge in [0, 0.05) is 35.5 Å². The molecule has 0 aliphatic heterocycles. The molecule has 9 heteroatoms. The zero-order valence-electron chi connectivity index (χ0n) is 17.2. The smallest absolute Gasteiger partial charge is 0.305 e. The summed E-state index contributed by atoms with van der Waals surface area (Å²) in [5.41, 5.74) is 8.54. The fourth-order valence-electron chi connectivity index (χ4n) is 2.86. The fraction of sp³-hybridized carbons (Fsp3) is 0.286. The normalized spacial score (nSPS) is 10.2. The number of carboxylic acid groups (broad SMARTS) is 1. The molecule has 30 heavy (non-hydrogen) atoms. The standard InChI is InChI=1S/C21H26N4O5/c1-12-17(29-2)9-15(10-18(12)30-3)21(28)25-11-14-5-4-13(20(22)23)8-16(14)24-7-6-19(26)27/h4-5,8-10,24H,6-7,11H2,1-3H3,(H3,22,23)(H,25,28)(H,26,27). The van der Waals surface area contributed by atoms with Gasteiger partial charge in [0.25, 0.3) is 5.91 Å². The second-order valence-electron chi connectivity index (χ2n) is 6.54. The lowest BCUT2D eigenvalue weighted by molar-refractivity contribution is -0.136. The number of nitrogen functional groups attached to an aromatic ring is 1. The number of carboxylic acids is 1. The Kier molecular flexibility index (Phi) is 7.62. The molecule has 0 aromatic heterocycles. The van der Waals surface area contributed by atoms with Crippen molar-refractivity contribution < 1.29 is 24.2 Å². The summed E-state index contributed by atoms with van der Waals surface area (Å²) in [6.45, 7) is 2.22. The van der Waals surface area contributed by atoms with Gasteiger partial charge in [0.1, 0.15) is 17.3 Å². The van der Waals surface area contributed by atoms with Gasteiger partial charge < -0.3 is 30.9 Å². The van der Waals surface area contributed by atoms with Crippen LogP contribution in [0.15, 0.2) is 30.3 Å². The highest BCUT2D eigenvalue weighted by atomic mass is 16.5. The van der Waals surface area contributed by atoms with Crippen molar-refractivity contribution in [2.24, 2.45) is 5.73 Å². The second-order valence-corrected chi connectivity index (χ2v) is 6.54. The topological polar surface area (TPSA) is 147 Å². The first-order valence-corrected chi connectivity index (χ1v) is 9.20. The first-order chi connectivity index (χ1) is 14.3. The Labute approximate surface area is 174 Å². The van der Waals surface area contributed by atoms with E-state index in [1.54, 1.807) is 30.3 Å². The van der Waals surface area contributed by atoms with Gasteiger partial charge in [-0.1, -0.05) is 12.1 Å². The maximum absolute atomic E-state index is 12.7. The SMILES string of the molecule is COc1cc(C(=O)NCc2ccc(C(=N)N)cc2NCCC(=O)O)cc(OC)c1C. The Hall–Kier alpha value is -3.75. The van der Waals surface area contributed by atoms with Crippen molar-refractivity contribution in [1.82, 2.24) is 5.32 Å². The molecule has 0 atom stereocenters. The highest BCUT2D eigenvalue weighted by Crippen LogP contribution is 2.29. The van der Waals surface area contributed by atoms with Crippen LogP contribution >= 0.6 is 0 Å². The van der Waals surface area contributed by atoms with E-state index in [0.29, 0.717) is 28.3 Å². The maximum atomic E-state index is 12.7. The van der Waals surface area contributed by atoms with Gasteiger partial charge >= 0.3 is 5.97 Å². The summed E-state index contributed by atoms with van der Waals surface area (Å²) in [6, 6.07) is 8.33. The summed E-state index contributed by atoms with van der Waals surface area (Å²) in [6.07, 6.45) is -0.0704. The van der Waals surface area contributed by atoms with Crippen LogP contribution in [-0.2, 0) is 11.3 Å². The Morgan fingerprint density at radius 2 is 1.73 bits per heavy atom. The van der Waals surface area contributed by atoms with Gasteiger partial charge in [-0.05, 0) is 30.7 Å². The van der Waals surface area contributed by atoms with E-state index in [1.165, 1.54) is 14.2 Å². The molecule has 0 aliphatic rings. The number of aliphatic carboxylic acids is 1. The van der Waals surface area contributed by atoms with Gasteiger partial charge in [-0.2, -0.15) is 0 Å². The Morgan fingerprint density at radius 1 is 1.10 bits per heavy atom. The van der Waals surface area contributed by atoms with Crippen molar-refractivity contribution in [3.63, 3.8) is 0 Å². The largest absolute Gasteiger partial charge is 0.496 e. The number of amidine groups is 1. The number of rotatable bonds is 10. The van der Waals surface area contributed by atoms with E-state index < -0.39 is 5.97 Å². The van der Waals surface area contributed by atoms with Gasteiger partial charge in [-0.15, -0.1) is 0 Å². The minimum absolute atomic E-state index is 0.0704. The number of anilines is 1. The van der Waals surface area contributed by atoms with Crippen LogP contribution in [0.1, 0.15) is 33.5 Å². The van der Waals surface area contributed by atoms with Crippen LogP contribution in [0.2, 0.25) is 0 Å². The number of hydrogen-bond acceptors (Lipinski definition) is 6. The van der Waals surface area contributed by atoms with Crippen molar-refractivity contribution in [2.45, 2.75) is 19.9 Å². The van der Waals surface area contributed by atoms with Gasteiger partial charge in [0.2, 0.25) is 0 Å². The molecule has 2 rings (SSSR count). The molecule has 0 heterocycles. The molecule has 9 nitrogen and oxygen atoms in total. The number of nitrogens with one attached hydrogen (secondary N) is 3. The van der Waals surface area contributed by atoms with Crippen LogP contribution in [0.25, 0.3) is 0 Å². The second kappa shape index (κ2) is 10.1. The summed E-state index contributed by atoms with van der Waals surface area (Å²) in [5.74, 6) is -0.269. The number of carbonyl (C=O) groups excluding carboxylic acids is 1. The lowest BCUT2D eigenvalue weighted by Crippen LogP contribution is -2.24. The van der Waals surface area contributed by atoms with Crippen molar-refractivity contribution in [3.05, 3.63) is 52.6 Å². The molecule has 0 spiro atoms. The highest BCUT2D eigenvalue weighted by molar-refractivity contribution is 5.96. The van der Waals surface area contributed by atoms with Crippen molar-refractivity contribution in [1.29, 1.82) is 5.41 Å².